The number of aromatic nitrogens is 3. The van der Waals surface area contributed by atoms with Crippen LogP contribution in [0.5, 0.6) is 0 Å². The van der Waals surface area contributed by atoms with E-state index in [9.17, 15) is 4.79 Å². The Hall–Kier alpha value is -2.17. The number of aromatic amines is 1. The van der Waals surface area contributed by atoms with Gasteiger partial charge in [0.1, 0.15) is 12.2 Å². The standard InChI is InChI=1S/C11H11N3O2/c1-16-10(15)7-9-12-11(14-13-9)8-5-3-2-4-6-8/h2-6H,7H2,1H3,(H,12,13,14). The Morgan fingerprint density at radius 2 is 2.12 bits per heavy atom. The van der Waals surface area contributed by atoms with Gasteiger partial charge in [0.2, 0.25) is 0 Å². The lowest BCUT2D eigenvalue weighted by Gasteiger charge is -1.93. The predicted molar refractivity (Wildman–Crippen MR) is 57.5 cm³/mol. The number of ether oxygens (including phenoxy) is 1. The van der Waals surface area contributed by atoms with E-state index in [1.165, 1.54) is 7.11 Å². The predicted octanol–water partition coefficient (Wildman–Crippen LogP) is 1.19. The average molecular weight is 217 g/mol. The SMILES string of the molecule is COC(=O)Cc1nc(-c2ccccc2)n[nH]1. The lowest BCUT2D eigenvalue weighted by atomic mass is 10.2. The van der Waals surface area contributed by atoms with Crippen molar-refractivity contribution in [1.82, 2.24) is 15.2 Å². The van der Waals surface area contributed by atoms with Gasteiger partial charge in [-0.25, -0.2) is 4.98 Å². The van der Waals surface area contributed by atoms with Gasteiger partial charge in [-0.2, -0.15) is 5.10 Å². The number of nitrogens with one attached hydrogen (secondary N) is 1. The zero-order valence-corrected chi connectivity index (χ0v) is 8.80. The normalized spacial score (nSPS) is 10.1. The first-order valence-electron chi connectivity index (χ1n) is 4.83. The van der Waals surface area contributed by atoms with E-state index in [1.54, 1.807) is 0 Å². The fraction of sp³-hybridized carbons (Fsp3) is 0.182. The molecular weight excluding hydrogens is 206 g/mol. The van der Waals surface area contributed by atoms with Gasteiger partial charge in [-0.1, -0.05) is 30.3 Å². The summed E-state index contributed by atoms with van der Waals surface area (Å²) in [5.41, 5.74) is 0.912. The molecule has 0 unspecified atom stereocenters. The summed E-state index contributed by atoms with van der Waals surface area (Å²) in [4.78, 5) is 15.2. The maximum atomic E-state index is 11.0. The Labute approximate surface area is 92.5 Å². The number of carbonyl (C=O) groups excluding carboxylic acids is 1. The lowest BCUT2D eigenvalue weighted by Crippen LogP contribution is -2.05. The van der Waals surface area contributed by atoms with Crippen molar-refractivity contribution in [2.45, 2.75) is 6.42 Å². The van der Waals surface area contributed by atoms with Gasteiger partial charge < -0.3 is 4.74 Å². The van der Waals surface area contributed by atoms with Gasteiger partial charge in [-0.3, -0.25) is 9.89 Å². The van der Waals surface area contributed by atoms with Gasteiger partial charge in [0.05, 0.1) is 7.11 Å². The molecule has 0 saturated heterocycles. The highest BCUT2D eigenvalue weighted by atomic mass is 16.5. The molecule has 0 saturated carbocycles. The molecule has 2 aromatic rings. The van der Waals surface area contributed by atoms with E-state index >= 15 is 0 Å². The molecule has 5 heteroatoms. The summed E-state index contributed by atoms with van der Waals surface area (Å²) in [7, 11) is 1.34. The summed E-state index contributed by atoms with van der Waals surface area (Å²) < 4.78 is 4.54. The third-order valence-electron chi connectivity index (χ3n) is 2.10. The van der Waals surface area contributed by atoms with E-state index in [0.717, 1.165) is 5.56 Å². The van der Waals surface area contributed by atoms with E-state index in [0.29, 0.717) is 11.6 Å². The van der Waals surface area contributed by atoms with Crippen LogP contribution in [-0.4, -0.2) is 28.3 Å². The van der Waals surface area contributed by atoms with E-state index < -0.39 is 0 Å². The summed E-state index contributed by atoms with van der Waals surface area (Å²) in [6.45, 7) is 0. The summed E-state index contributed by atoms with van der Waals surface area (Å²) >= 11 is 0. The Morgan fingerprint density at radius 1 is 1.38 bits per heavy atom. The molecule has 0 radical (unpaired) electrons. The van der Waals surface area contributed by atoms with Gasteiger partial charge in [0.15, 0.2) is 5.82 Å². The molecule has 0 aliphatic rings. The first kappa shape index (κ1) is 10.4. The van der Waals surface area contributed by atoms with Gasteiger partial charge in [-0.15, -0.1) is 0 Å². The molecule has 0 atom stereocenters. The van der Waals surface area contributed by atoms with Crippen LogP contribution in [-0.2, 0) is 16.0 Å². The van der Waals surface area contributed by atoms with Crippen molar-refractivity contribution in [3.05, 3.63) is 36.2 Å². The molecule has 5 nitrogen and oxygen atoms in total. The largest absolute Gasteiger partial charge is 0.469 e. The van der Waals surface area contributed by atoms with Crippen LogP contribution in [0.25, 0.3) is 11.4 Å². The molecule has 1 N–H and O–H groups in total. The van der Waals surface area contributed by atoms with Crippen molar-refractivity contribution < 1.29 is 9.53 Å². The number of rotatable bonds is 3. The molecular formula is C11H11N3O2. The van der Waals surface area contributed by atoms with Crippen LogP contribution in [0.2, 0.25) is 0 Å². The Kier molecular flexibility index (Phi) is 2.95. The summed E-state index contributed by atoms with van der Waals surface area (Å²) in [6, 6.07) is 9.55. The van der Waals surface area contributed by atoms with Crippen molar-refractivity contribution in [2.24, 2.45) is 0 Å². The highest BCUT2D eigenvalue weighted by molar-refractivity contribution is 5.71. The van der Waals surface area contributed by atoms with Crippen molar-refractivity contribution in [1.29, 1.82) is 0 Å². The molecule has 82 valence electrons. The monoisotopic (exact) mass is 217 g/mol. The number of carbonyl (C=O) groups is 1. The lowest BCUT2D eigenvalue weighted by molar-refractivity contribution is -0.139. The molecule has 0 spiro atoms. The molecule has 0 aliphatic carbocycles. The molecule has 16 heavy (non-hydrogen) atoms. The molecule has 0 fully saturated rings. The van der Waals surface area contributed by atoms with Crippen LogP contribution < -0.4 is 0 Å². The molecule has 1 aromatic carbocycles. The van der Waals surface area contributed by atoms with Gasteiger partial charge >= 0.3 is 5.97 Å². The van der Waals surface area contributed by atoms with Gasteiger partial charge in [0.25, 0.3) is 0 Å². The highest BCUT2D eigenvalue weighted by Crippen LogP contribution is 2.13. The van der Waals surface area contributed by atoms with Gasteiger partial charge in [0, 0.05) is 5.56 Å². The van der Waals surface area contributed by atoms with Gasteiger partial charge in [-0.05, 0) is 0 Å². The number of H-pyrrole nitrogens is 1. The first-order chi connectivity index (χ1) is 7.79. The number of benzene rings is 1. The molecule has 2 rings (SSSR count). The maximum Gasteiger partial charge on any atom is 0.313 e. The van der Waals surface area contributed by atoms with E-state index in [-0.39, 0.29) is 12.4 Å². The maximum absolute atomic E-state index is 11.0. The quantitative estimate of drug-likeness (QED) is 0.784. The Morgan fingerprint density at radius 3 is 2.81 bits per heavy atom. The number of nitrogens with zero attached hydrogens (tertiary/aromatic N) is 2. The fourth-order valence-corrected chi connectivity index (χ4v) is 1.30. The highest BCUT2D eigenvalue weighted by Gasteiger charge is 2.09. The molecule has 1 heterocycles. The van der Waals surface area contributed by atoms with Crippen molar-refractivity contribution in [2.75, 3.05) is 7.11 Å². The second-order valence-corrected chi connectivity index (χ2v) is 3.22. The van der Waals surface area contributed by atoms with E-state index in [1.807, 2.05) is 30.3 Å². The Bertz CT molecular complexity index is 479. The van der Waals surface area contributed by atoms with Crippen molar-refractivity contribution in [3.63, 3.8) is 0 Å². The Balaban J connectivity index is 2.17. The van der Waals surface area contributed by atoms with Crippen molar-refractivity contribution >= 4 is 5.97 Å². The first-order valence-corrected chi connectivity index (χ1v) is 4.83. The van der Waals surface area contributed by atoms with Crippen LogP contribution in [0.1, 0.15) is 5.82 Å². The van der Waals surface area contributed by atoms with Crippen LogP contribution in [0, 0.1) is 0 Å². The molecule has 0 amide bonds. The summed E-state index contributed by atoms with van der Waals surface area (Å²) in [5.74, 6) is 0.751. The topological polar surface area (TPSA) is 67.9 Å². The molecule has 1 aromatic heterocycles. The zero-order valence-electron chi connectivity index (χ0n) is 8.80. The minimum atomic E-state index is -0.337. The number of esters is 1. The molecule has 0 bridgehead atoms. The summed E-state index contributed by atoms with van der Waals surface area (Å²) in [5, 5.41) is 6.74. The smallest absolute Gasteiger partial charge is 0.313 e. The second-order valence-electron chi connectivity index (χ2n) is 3.22. The van der Waals surface area contributed by atoms with Crippen LogP contribution in [0.15, 0.2) is 30.3 Å². The molecule has 0 aliphatic heterocycles. The van der Waals surface area contributed by atoms with E-state index in [2.05, 4.69) is 19.9 Å². The number of hydrogen-bond donors (Lipinski definition) is 1. The van der Waals surface area contributed by atoms with E-state index in [4.69, 9.17) is 0 Å². The number of hydrogen-bond acceptors (Lipinski definition) is 4. The second kappa shape index (κ2) is 4.57. The van der Waals surface area contributed by atoms with Crippen molar-refractivity contribution in [3.8, 4) is 11.4 Å². The summed E-state index contributed by atoms with van der Waals surface area (Å²) in [6.07, 6.45) is 0.107. The third kappa shape index (κ3) is 2.25. The third-order valence-corrected chi connectivity index (χ3v) is 2.10. The minimum absolute atomic E-state index is 0.107. The fourth-order valence-electron chi connectivity index (χ4n) is 1.30. The van der Waals surface area contributed by atoms with Crippen LogP contribution in [0.4, 0.5) is 0 Å². The minimum Gasteiger partial charge on any atom is -0.469 e. The van der Waals surface area contributed by atoms with Crippen LogP contribution >= 0.6 is 0 Å². The average Bonchev–Trinajstić information content (AvgIpc) is 2.78. The van der Waals surface area contributed by atoms with Crippen LogP contribution in [0.3, 0.4) is 0 Å². The number of methoxy groups -OCH3 is 1. The zero-order chi connectivity index (χ0) is 11.4.